The van der Waals surface area contributed by atoms with Gasteiger partial charge in [-0.25, -0.2) is 24.0 Å². The average molecular weight is 1240 g/mol. The molecule has 0 aliphatic rings. The van der Waals surface area contributed by atoms with E-state index >= 15 is 0 Å². The fourth-order valence-corrected chi connectivity index (χ4v) is 6.04. The highest BCUT2D eigenvalue weighted by atomic mass is 16.6. The van der Waals surface area contributed by atoms with E-state index in [0.717, 1.165) is 25.7 Å². The van der Waals surface area contributed by atoms with E-state index in [1.54, 1.807) is 26.5 Å². The Bertz CT molecular complexity index is 1530. The summed E-state index contributed by atoms with van der Waals surface area (Å²) in [6, 6.07) is -1.64. The van der Waals surface area contributed by atoms with Crippen LogP contribution in [0.15, 0.2) is 0 Å². The lowest BCUT2D eigenvalue weighted by Crippen LogP contribution is -2.46. The number of carbonyl (C=O) groups is 8. The fraction of sp³-hybridized carbons (Fsp3) is 0.846. The van der Waals surface area contributed by atoms with E-state index < -0.39 is 45.0 Å². The molecule has 0 bridgehead atoms. The van der Waals surface area contributed by atoms with E-state index in [2.05, 4.69) is 23.3 Å². The molecule has 33 nitrogen and oxygen atoms in total. The average Bonchev–Trinajstić information content (AvgIpc) is 3.53. The molecule has 0 spiro atoms. The summed E-state index contributed by atoms with van der Waals surface area (Å²) in [4.78, 5) is 104. The summed E-state index contributed by atoms with van der Waals surface area (Å²) in [6.45, 7) is 24.0. The molecule has 0 aromatic rings. The third-order valence-corrected chi connectivity index (χ3v) is 10.8. The van der Waals surface area contributed by atoms with Crippen molar-refractivity contribution in [3.8, 4) is 0 Å². The van der Waals surface area contributed by atoms with E-state index in [1.807, 2.05) is 41.5 Å². The highest BCUT2D eigenvalue weighted by Gasteiger charge is 2.23. The van der Waals surface area contributed by atoms with Crippen molar-refractivity contribution >= 4 is 49.1 Å². The Labute approximate surface area is 503 Å². The highest BCUT2D eigenvalue weighted by molar-refractivity contribution is 5.76. The Kier molecular flexibility index (Phi) is 66.6. The van der Waals surface area contributed by atoms with Crippen molar-refractivity contribution in [1.29, 1.82) is 0 Å². The SMILES string of the molecule is CCCCOCN(COCCCC)C(=O)N(CC)CC.CCN(COC(C)=O)C(=O)N(CCOC=O)CCOC=O.CCOCN(COCC)C(=O)N(CC)CC.COCN(COC)C(=O)N(CCO)CCO.O=C(N(CO)CO)N(CO)CO. The van der Waals surface area contributed by atoms with Crippen LogP contribution in [0.1, 0.15) is 94.9 Å². The molecule has 0 fully saturated rings. The number of methoxy groups -OCH3 is 2. The van der Waals surface area contributed by atoms with Crippen LogP contribution in [0.4, 0.5) is 24.0 Å². The molecule has 0 aromatic heterocycles. The predicted octanol–water partition coefficient (Wildman–Crippen LogP) is 1.05. The van der Waals surface area contributed by atoms with Gasteiger partial charge in [0.1, 0.15) is 80.5 Å². The molecule has 0 aliphatic heterocycles. The van der Waals surface area contributed by atoms with Crippen molar-refractivity contribution in [1.82, 2.24) is 49.0 Å². The van der Waals surface area contributed by atoms with E-state index in [-0.39, 0.29) is 117 Å². The highest BCUT2D eigenvalue weighted by Crippen LogP contribution is 2.05. The van der Waals surface area contributed by atoms with Gasteiger partial charge in [0.15, 0.2) is 6.73 Å². The molecular weight excluding hydrogens is 1130 g/mol. The topological polar surface area (TPSA) is 373 Å². The number of hydrogen-bond donors (Lipinski definition) is 6. The number of rotatable bonds is 43. The number of hydrogen-bond acceptors (Lipinski definition) is 23. The fourth-order valence-electron chi connectivity index (χ4n) is 6.04. The van der Waals surface area contributed by atoms with E-state index in [4.69, 9.17) is 63.8 Å². The minimum Gasteiger partial charge on any atom is -0.466 e. The lowest BCUT2D eigenvalue weighted by Gasteiger charge is -2.29. The van der Waals surface area contributed by atoms with Crippen LogP contribution in [0.3, 0.4) is 0 Å². The van der Waals surface area contributed by atoms with Gasteiger partial charge in [0.05, 0.1) is 26.3 Å². The molecule has 0 unspecified atom stereocenters. The predicted molar refractivity (Wildman–Crippen MR) is 309 cm³/mol. The molecule has 85 heavy (non-hydrogen) atoms. The summed E-state index contributed by atoms with van der Waals surface area (Å²) < 4.78 is 45.2. The number of aliphatic hydroxyl groups excluding tert-OH is 6. The maximum Gasteiger partial charge on any atom is 0.327 e. The lowest BCUT2D eigenvalue weighted by molar-refractivity contribution is -0.144. The zero-order valence-electron chi connectivity index (χ0n) is 52.9. The quantitative estimate of drug-likeness (QED) is 0.0163. The normalized spacial score (nSPS) is 10.0. The molecular formula is C52H108N10O23. The van der Waals surface area contributed by atoms with Crippen molar-refractivity contribution in [3.63, 3.8) is 0 Å². The van der Waals surface area contributed by atoms with Crippen LogP contribution in [0.5, 0.6) is 0 Å². The summed E-state index contributed by atoms with van der Waals surface area (Å²) in [7, 11) is 2.94. The summed E-state index contributed by atoms with van der Waals surface area (Å²) in [6.07, 6.45) is 4.22. The minimum atomic E-state index is -0.843. The van der Waals surface area contributed by atoms with Gasteiger partial charge in [-0.3, -0.25) is 43.8 Å². The largest absolute Gasteiger partial charge is 0.466 e. The second-order valence-corrected chi connectivity index (χ2v) is 16.9. The summed E-state index contributed by atoms with van der Waals surface area (Å²) in [5.74, 6) is -0.499. The zero-order valence-corrected chi connectivity index (χ0v) is 52.9. The molecule has 0 aliphatic carbocycles. The first-order valence-corrected chi connectivity index (χ1v) is 28.3. The molecule has 6 N–H and O–H groups in total. The Morgan fingerprint density at radius 3 is 0.953 bits per heavy atom. The van der Waals surface area contributed by atoms with E-state index in [1.165, 1.54) is 40.7 Å². The first-order valence-electron chi connectivity index (χ1n) is 28.3. The van der Waals surface area contributed by atoms with Crippen LogP contribution < -0.4 is 0 Å². The van der Waals surface area contributed by atoms with Crippen LogP contribution in [0.25, 0.3) is 0 Å². The van der Waals surface area contributed by atoms with Crippen LogP contribution in [-0.2, 0) is 57.0 Å². The second-order valence-electron chi connectivity index (χ2n) is 16.9. The Morgan fingerprint density at radius 2 is 0.671 bits per heavy atom. The summed E-state index contributed by atoms with van der Waals surface area (Å²) in [5, 5.41) is 51.6. The number of esters is 1. The Morgan fingerprint density at radius 1 is 0.365 bits per heavy atom. The second kappa shape index (κ2) is 64.3. The Hall–Kier alpha value is -5.72. The van der Waals surface area contributed by atoms with Crippen molar-refractivity contribution in [3.05, 3.63) is 0 Å². The molecule has 0 aromatic carbocycles. The van der Waals surface area contributed by atoms with Crippen LogP contribution in [-0.4, -0.2) is 329 Å². The monoisotopic (exact) mass is 1240 g/mol. The van der Waals surface area contributed by atoms with Crippen LogP contribution in [0.2, 0.25) is 0 Å². The number of nitrogens with zero attached hydrogens (tertiary/aromatic N) is 10. The maximum atomic E-state index is 12.3. The van der Waals surface area contributed by atoms with Crippen molar-refractivity contribution < 1.29 is 112 Å². The molecule has 0 saturated carbocycles. The van der Waals surface area contributed by atoms with Gasteiger partial charge in [0.2, 0.25) is 0 Å². The van der Waals surface area contributed by atoms with Gasteiger partial charge in [0, 0.05) is 93.4 Å². The smallest absolute Gasteiger partial charge is 0.327 e. The van der Waals surface area contributed by atoms with Gasteiger partial charge in [-0.1, -0.05) is 26.7 Å². The van der Waals surface area contributed by atoms with Gasteiger partial charge in [-0.15, -0.1) is 0 Å². The number of ether oxygens (including phenoxy) is 9. The van der Waals surface area contributed by atoms with Gasteiger partial charge in [-0.05, 0) is 61.3 Å². The zero-order chi connectivity index (χ0) is 65.6. The summed E-state index contributed by atoms with van der Waals surface area (Å²) >= 11 is 0. The standard InChI is InChI=1S/C15H32N2O3.C12H20N2O7.C11H24N2O3.C9H20N2O5.C5H12N2O5/c1-5-9-11-19-13-17(14-20-12-10-6-2)15(18)16(7-3)8-4;1-3-13(8-21-11(2)17)12(18)14(4-6-19-9-15)5-7-20-10-16;1-5-12(6-2)11(14)13(9-15-7-3)10-16-8-4;1-15-7-11(8-16-2)9(14)10(3-5-12)4-6-13;8-1-6(2-9)5(12)7(3-10)4-11/h5-14H2,1-4H3;9-10H,3-8H2,1-2H3;5-10H2,1-4H3;12-13H,3-8H2,1-2H3;8-11H,1-4H2. The number of urea groups is 5. The first-order chi connectivity index (χ1) is 40.9. The van der Waals surface area contributed by atoms with Crippen LogP contribution >= 0.6 is 0 Å². The van der Waals surface area contributed by atoms with Crippen molar-refractivity contribution in [2.45, 2.75) is 94.9 Å². The van der Waals surface area contributed by atoms with E-state index in [0.29, 0.717) is 82.4 Å². The number of amides is 10. The molecule has 0 saturated heterocycles. The van der Waals surface area contributed by atoms with Crippen LogP contribution in [0, 0.1) is 0 Å². The number of unbranched alkanes of at least 4 members (excludes halogenated alkanes) is 2. The molecule has 0 radical (unpaired) electrons. The third kappa shape index (κ3) is 46.2. The number of carbonyl (C=O) groups excluding carboxylic acids is 8. The van der Waals surface area contributed by atoms with Crippen molar-refractivity contribution in [2.24, 2.45) is 0 Å². The van der Waals surface area contributed by atoms with Crippen molar-refractivity contribution in [2.75, 3.05) is 200 Å². The lowest BCUT2D eigenvalue weighted by atomic mass is 10.4. The molecule has 33 heteroatoms. The van der Waals surface area contributed by atoms with Gasteiger partial charge >= 0.3 is 36.1 Å². The van der Waals surface area contributed by atoms with E-state index in [9.17, 15) is 38.4 Å². The minimum absolute atomic E-state index is 0.0111. The first kappa shape index (κ1) is 88.0. The molecule has 0 heterocycles. The molecule has 0 rings (SSSR count). The number of aliphatic hydroxyl groups is 6. The summed E-state index contributed by atoms with van der Waals surface area (Å²) in [5.41, 5.74) is 0. The van der Waals surface area contributed by atoms with Gasteiger partial charge < -0.3 is 92.9 Å². The molecule has 10 amide bonds. The van der Waals surface area contributed by atoms with Gasteiger partial charge in [0.25, 0.3) is 12.9 Å². The third-order valence-electron chi connectivity index (χ3n) is 10.8. The molecule has 504 valence electrons. The Balaban J connectivity index is -0.000000317. The molecule has 0 atom stereocenters. The van der Waals surface area contributed by atoms with Gasteiger partial charge in [-0.2, -0.15) is 0 Å². The maximum absolute atomic E-state index is 12.3.